The van der Waals surface area contributed by atoms with E-state index in [1.807, 2.05) is 0 Å². The van der Waals surface area contributed by atoms with Crippen molar-refractivity contribution >= 4 is 39.4 Å². The van der Waals surface area contributed by atoms with Crippen molar-refractivity contribution in [3.63, 3.8) is 0 Å². The summed E-state index contributed by atoms with van der Waals surface area (Å²) in [5.74, 6) is 0.794. The van der Waals surface area contributed by atoms with E-state index >= 15 is 0 Å². The number of halogens is 1. The average Bonchev–Trinajstić information content (AvgIpc) is 2.82. The highest BCUT2D eigenvalue weighted by molar-refractivity contribution is 7.92. The number of hydrogen-bond donors (Lipinski definition) is 1. The Morgan fingerprint density at radius 1 is 1.06 bits per heavy atom. The molecule has 0 aliphatic carbocycles. The predicted molar refractivity (Wildman–Crippen MR) is 134 cm³/mol. The number of benzene rings is 3. The summed E-state index contributed by atoms with van der Waals surface area (Å²) in [5.41, 5.74) is 4.63. The molecule has 8 nitrogen and oxygen atoms in total. The van der Waals surface area contributed by atoms with E-state index in [9.17, 15) is 13.2 Å². The van der Waals surface area contributed by atoms with Crippen LogP contribution in [-0.4, -0.2) is 41.0 Å². The molecule has 3 rings (SSSR count). The van der Waals surface area contributed by atoms with Gasteiger partial charge in [-0.05, 0) is 54.1 Å². The van der Waals surface area contributed by atoms with Crippen LogP contribution in [0.1, 0.15) is 21.5 Å². The third-order valence-corrected chi connectivity index (χ3v) is 6.22. The normalized spacial score (nSPS) is 11.3. The number of carbonyl (C=O) groups excluding carboxylic acids is 1. The highest BCUT2D eigenvalue weighted by Gasteiger charge is 2.18. The third-order valence-electron chi connectivity index (χ3n) is 4.85. The number of nitrogens with zero attached hydrogens (tertiary/aromatic N) is 2. The number of sulfonamides is 1. The molecule has 3 aromatic carbocycles. The molecule has 0 saturated carbocycles. The van der Waals surface area contributed by atoms with Gasteiger partial charge in [0.05, 0.1) is 38.9 Å². The lowest BCUT2D eigenvalue weighted by Gasteiger charge is -2.22. The maximum absolute atomic E-state index is 12.5. The Kier molecular flexibility index (Phi) is 8.14. The van der Waals surface area contributed by atoms with Crippen LogP contribution in [0.5, 0.6) is 11.5 Å². The van der Waals surface area contributed by atoms with Crippen LogP contribution < -0.4 is 19.2 Å². The van der Waals surface area contributed by atoms with Crippen LogP contribution >= 0.6 is 11.6 Å². The number of hydrogen-bond acceptors (Lipinski definition) is 6. The van der Waals surface area contributed by atoms with E-state index < -0.39 is 15.9 Å². The lowest BCUT2D eigenvalue weighted by Crippen LogP contribution is -2.29. The topological polar surface area (TPSA) is 97.3 Å². The summed E-state index contributed by atoms with van der Waals surface area (Å²) < 4.78 is 36.4. The molecule has 0 radical (unpaired) electrons. The largest absolute Gasteiger partial charge is 0.497 e. The second kappa shape index (κ2) is 11.0. The van der Waals surface area contributed by atoms with Crippen molar-refractivity contribution in [2.45, 2.75) is 6.54 Å². The predicted octanol–water partition coefficient (Wildman–Crippen LogP) is 4.09. The van der Waals surface area contributed by atoms with Gasteiger partial charge in [-0.25, -0.2) is 13.8 Å². The Hall–Kier alpha value is -3.56. The van der Waals surface area contributed by atoms with Crippen molar-refractivity contribution in [2.75, 3.05) is 24.8 Å². The first kappa shape index (κ1) is 25.1. The van der Waals surface area contributed by atoms with Crippen LogP contribution in [0.15, 0.2) is 71.8 Å². The molecular weight excluding hydrogens is 478 g/mol. The molecule has 10 heteroatoms. The van der Waals surface area contributed by atoms with Gasteiger partial charge in [0, 0.05) is 16.1 Å². The van der Waals surface area contributed by atoms with Gasteiger partial charge in [-0.3, -0.25) is 9.10 Å². The number of rotatable bonds is 9. The molecule has 0 saturated heterocycles. The SMILES string of the molecule is COc1ccc(OC)c(/C=N\NC(=O)c2ccc(CN(c3cccc(Cl)c3)S(C)(=O)=O)cc2)c1. The van der Waals surface area contributed by atoms with Crippen LogP contribution in [0, 0.1) is 0 Å². The lowest BCUT2D eigenvalue weighted by atomic mass is 10.1. The van der Waals surface area contributed by atoms with E-state index in [0.29, 0.717) is 38.9 Å². The summed E-state index contributed by atoms with van der Waals surface area (Å²) in [6, 6.07) is 18.4. The number of amides is 1. The summed E-state index contributed by atoms with van der Waals surface area (Å²) in [4.78, 5) is 12.5. The highest BCUT2D eigenvalue weighted by atomic mass is 35.5. The monoisotopic (exact) mass is 501 g/mol. The van der Waals surface area contributed by atoms with E-state index in [-0.39, 0.29) is 6.54 Å². The van der Waals surface area contributed by atoms with Gasteiger partial charge < -0.3 is 9.47 Å². The van der Waals surface area contributed by atoms with Crippen LogP contribution in [0.25, 0.3) is 0 Å². The van der Waals surface area contributed by atoms with Gasteiger partial charge in [0.2, 0.25) is 10.0 Å². The van der Waals surface area contributed by atoms with Crippen molar-refractivity contribution in [2.24, 2.45) is 5.10 Å². The number of nitrogens with one attached hydrogen (secondary N) is 1. The Balaban J connectivity index is 1.70. The van der Waals surface area contributed by atoms with E-state index in [4.69, 9.17) is 21.1 Å². The van der Waals surface area contributed by atoms with Crippen molar-refractivity contribution < 1.29 is 22.7 Å². The molecule has 1 N–H and O–H groups in total. The lowest BCUT2D eigenvalue weighted by molar-refractivity contribution is 0.0955. The summed E-state index contributed by atoms with van der Waals surface area (Å²) in [6.07, 6.45) is 2.59. The van der Waals surface area contributed by atoms with Crippen LogP contribution in [-0.2, 0) is 16.6 Å². The number of anilines is 1. The fourth-order valence-corrected chi connectivity index (χ4v) is 4.19. The van der Waals surface area contributed by atoms with Crippen molar-refractivity contribution in [3.05, 3.63) is 88.4 Å². The Morgan fingerprint density at radius 3 is 2.41 bits per heavy atom. The highest BCUT2D eigenvalue weighted by Crippen LogP contribution is 2.24. The molecule has 0 bridgehead atoms. The molecule has 0 unspecified atom stereocenters. The molecule has 0 aromatic heterocycles. The second-order valence-electron chi connectivity index (χ2n) is 7.25. The molecule has 0 spiro atoms. The van der Waals surface area contributed by atoms with Gasteiger partial charge in [0.1, 0.15) is 11.5 Å². The molecule has 34 heavy (non-hydrogen) atoms. The van der Waals surface area contributed by atoms with E-state index in [0.717, 1.165) is 6.26 Å². The molecule has 178 valence electrons. The minimum absolute atomic E-state index is 0.0921. The Labute approximate surface area is 203 Å². The van der Waals surface area contributed by atoms with Crippen molar-refractivity contribution in [3.8, 4) is 11.5 Å². The van der Waals surface area contributed by atoms with Gasteiger partial charge >= 0.3 is 0 Å². The average molecular weight is 502 g/mol. The maximum Gasteiger partial charge on any atom is 0.271 e. The minimum atomic E-state index is -3.55. The number of hydrazone groups is 1. The van der Waals surface area contributed by atoms with Crippen LogP contribution in [0.4, 0.5) is 5.69 Å². The van der Waals surface area contributed by atoms with Crippen LogP contribution in [0.3, 0.4) is 0 Å². The number of ether oxygens (including phenoxy) is 2. The fraction of sp³-hybridized carbons (Fsp3) is 0.167. The van der Waals surface area contributed by atoms with Gasteiger partial charge in [0.15, 0.2) is 0 Å². The fourth-order valence-electron chi connectivity index (χ4n) is 3.12. The quantitative estimate of drug-likeness (QED) is 0.352. The molecule has 3 aromatic rings. The third kappa shape index (κ3) is 6.49. The zero-order valence-electron chi connectivity index (χ0n) is 18.9. The summed E-state index contributed by atoms with van der Waals surface area (Å²) in [6.45, 7) is 0.0921. The first-order valence-electron chi connectivity index (χ1n) is 10.1. The zero-order valence-corrected chi connectivity index (χ0v) is 20.4. The van der Waals surface area contributed by atoms with E-state index in [1.165, 1.54) is 17.6 Å². The van der Waals surface area contributed by atoms with E-state index in [1.54, 1.807) is 73.8 Å². The molecule has 0 aliphatic heterocycles. The maximum atomic E-state index is 12.5. The first-order valence-corrected chi connectivity index (χ1v) is 12.3. The van der Waals surface area contributed by atoms with Gasteiger partial charge in [0.25, 0.3) is 5.91 Å². The zero-order chi connectivity index (χ0) is 24.7. The second-order valence-corrected chi connectivity index (χ2v) is 9.60. The Morgan fingerprint density at radius 2 is 1.79 bits per heavy atom. The smallest absolute Gasteiger partial charge is 0.271 e. The standard InChI is InChI=1S/C24H24ClN3O5S/c1-32-22-11-12-23(33-2)19(13-22)15-26-27-24(29)18-9-7-17(8-10-18)16-28(34(3,30)31)21-6-4-5-20(25)14-21/h4-15H,16H2,1-3H3,(H,27,29)/b26-15-. The molecule has 0 aliphatic rings. The summed E-state index contributed by atoms with van der Waals surface area (Å²) in [5, 5.41) is 4.43. The summed E-state index contributed by atoms with van der Waals surface area (Å²) >= 11 is 6.02. The number of methoxy groups -OCH3 is 2. The van der Waals surface area contributed by atoms with Gasteiger partial charge in [-0.15, -0.1) is 0 Å². The van der Waals surface area contributed by atoms with Crippen LogP contribution in [0.2, 0.25) is 5.02 Å². The van der Waals surface area contributed by atoms with Crippen molar-refractivity contribution in [1.29, 1.82) is 0 Å². The van der Waals surface area contributed by atoms with Gasteiger partial charge in [-0.1, -0.05) is 29.8 Å². The number of carbonyl (C=O) groups is 1. The molecule has 1 amide bonds. The summed E-state index contributed by atoms with van der Waals surface area (Å²) in [7, 11) is -0.459. The minimum Gasteiger partial charge on any atom is -0.497 e. The Bertz CT molecular complexity index is 1290. The molecule has 0 fully saturated rings. The van der Waals surface area contributed by atoms with Crippen molar-refractivity contribution in [1.82, 2.24) is 5.43 Å². The molecule has 0 heterocycles. The first-order chi connectivity index (χ1) is 16.2. The van der Waals surface area contributed by atoms with E-state index in [2.05, 4.69) is 10.5 Å². The molecule has 0 atom stereocenters. The molecular formula is C24H24ClN3O5S. The van der Waals surface area contributed by atoms with Gasteiger partial charge in [-0.2, -0.15) is 5.10 Å².